The maximum absolute atomic E-state index is 15.5. The van der Waals surface area contributed by atoms with Gasteiger partial charge in [-0.2, -0.15) is 35.3 Å². The Kier molecular flexibility index (Phi) is 30.9. The third-order valence-electron chi connectivity index (χ3n) is 22.7. The summed E-state index contributed by atoms with van der Waals surface area (Å²) in [5, 5.41) is 44.8. The summed E-state index contributed by atoms with van der Waals surface area (Å²) < 4.78 is 0. The van der Waals surface area contributed by atoms with Crippen LogP contribution in [0.15, 0.2) is 134 Å². The van der Waals surface area contributed by atoms with Crippen molar-refractivity contribution in [2.24, 2.45) is 35.3 Å². The van der Waals surface area contributed by atoms with Gasteiger partial charge in [0, 0.05) is 136 Å². The molecule has 0 spiro atoms. The number of fused-ring (bicyclic) bond motifs is 4. The fourth-order valence-electron chi connectivity index (χ4n) is 15.8. The number of Topliss-reactive ketones (excluding diaryl/α,β-unsaturated/α-hetero) is 3. The van der Waals surface area contributed by atoms with E-state index < -0.39 is 180 Å². The molecule has 10 heterocycles. The zero-order valence-corrected chi connectivity index (χ0v) is 71.4. The predicted octanol–water partition coefficient (Wildman–Crippen LogP) is 6.11. The van der Waals surface area contributed by atoms with E-state index in [1.165, 1.54) is 47.1 Å². The molecular weight excluding hydrogens is 1630 g/mol. The van der Waals surface area contributed by atoms with Crippen molar-refractivity contribution in [3.05, 3.63) is 162 Å². The van der Waals surface area contributed by atoms with Gasteiger partial charge in [0.15, 0.2) is 17.5 Å². The van der Waals surface area contributed by atoms with E-state index in [0.717, 1.165) is 16.7 Å². The van der Waals surface area contributed by atoms with Crippen molar-refractivity contribution in [2.45, 2.75) is 177 Å². The lowest BCUT2D eigenvalue weighted by Gasteiger charge is -2.32. The highest BCUT2D eigenvalue weighted by Crippen LogP contribution is 2.34. The molecule has 8 aliphatic rings. The first kappa shape index (κ1) is 90.6. The fourth-order valence-corrected chi connectivity index (χ4v) is 18.9. The van der Waals surface area contributed by atoms with Crippen molar-refractivity contribution >= 4 is 139 Å². The van der Waals surface area contributed by atoms with Crippen LogP contribution in [0.3, 0.4) is 0 Å². The van der Waals surface area contributed by atoms with Crippen LogP contribution in [-0.2, 0) is 97.2 Å². The van der Waals surface area contributed by atoms with E-state index in [1.807, 2.05) is 84.9 Å². The second-order valence-corrected chi connectivity index (χ2v) is 35.6. The maximum atomic E-state index is 15.5. The third-order valence-corrected chi connectivity index (χ3v) is 26.0. The number of aliphatic hydroxyl groups excluding tert-OH is 1. The second-order valence-electron chi connectivity index (χ2n) is 32.5. The van der Waals surface area contributed by atoms with Gasteiger partial charge in [-0.15, -0.1) is 0 Å². The van der Waals surface area contributed by atoms with Crippen LogP contribution in [0.2, 0.25) is 0 Å². The number of aliphatic hydroxyl groups is 1. The zero-order chi connectivity index (χ0) is 87.7. The quantitative estimate of drug-likeness (QED) is 0.0694. The summed E-state index contributed by atoms with van der Waals surface area (Å²) in [5.74, 6) is -13.5. The van der Waals surface area contributed by atoms with Gasteiger partial charge in [-0.1, -0.05) is 143 Å². The SMILES string of the molecule is CC(=O)C[C@H]1CSCc2ccc(cc2)-c2nc3nc(n2)-c2ccc(cc2)CSC[C@H](NC(=O)[C@@H]2CCC[C@@H](O)[C@H](CC1=O)C(=O)C2)C(=O)N[C@@H](Cc1c[nH]c2ccccc12)C(=O)N[C@@H](C(C)C)C(=O)N[C@@H](CC(=O)O)C(=O)NCC(=O)N[C@@H](Cc1c[nH]c2ccccc12)C(=O)N[C@@H](C(C)C)C(=O)N1CCC[C@H]1C(=O)N[C@H](C(N)=O)CSCc1ccc-3cc1. The number of hydrogen-bond acceptors (Lipinski definition) is 21. The molecule has 10 amide bonds. The second kappa shape index (κ2) is 42.0. The van der Waals surface area contributed by atoms with E-state index in [-0.39, 0.29) is 86.7 Å². The number of nitrogens with one attached hydrogen (secondary N) is 10. The molecule has 0 unspecified atom stereocenters. The number of nitrogens with two attached hydrogens (primary N) is 1. The molecule has 1 aliphatic carbocycles. The first-order chi connectivity index (χ1) is 59.0. The van der Waals surface area contributed by atoms with Gasteiger partial charge >= 0.3 is 5.97 Å². The fraction of sp³-hybridized carbons (Fsp3) is 0.427. The third kappa shape index (κ3) is 23.8. The van der Waals surface area contributed by atoms with Crippen molar-refractivity contribution in [3.63, 3.8) is 0 Å². The normalized spacial score (nSPS) is 24.2. The molecular formula is C89H103N15O16S3. The van der Waals surface area contributed by atoms with Crippen LogP contribution in [0.25, 0.3) is 56.0 Å². The molecule has 648 valence electrons. The van der Waals surface area contributed by atoms with Crippen LogP contribution in [0.1, 0.15) is 120 Å². The molecule has 0 radical (unpaired) electrons. The Hall–Kier alpha value is -11.6. The number of H-pyrrole nitrogens is 2. The molecule has 34 heteroatoms. The molecule has 2 fully saturated rings. The molecule has 12 bridgehead atoms. The van der Waals surface area contributed by atoms with Crippen LogP contribution < -0.4 is 48.3 Å². The summed E-state index contributed by atoms with van der Waals surface area (Å²) in [7, 11) is 0. The first-order valence-corrected chi connectivity index (χ1v) is 44.8. The lowest BCUT2D eigenvalue weighted by Crippen LogP contribution is -2.61. The number of nitrogens with zero attached hydrogens (tertiary/aromatic N) is 4. The number of para-hydroxylation sites is 2. The van der Waals surface area contributed by atoms with Gasteiger partial charge in [0.1, 0.15) is 65.7 Å². The number of ketones is 3. The Bertz CT molecular complexity index is 5260. The largest absolute Gasteiger partial charge is 0.481 e. The number of amides is 10. The number of rotatable bonds is 11. The monoisotopic (exact) mass is 1730 g/mol. The van der Waals surface area contributed by atoms with Gasteiger partial charge in [-0.3, -0.25) is 62.3 Å². The van der Waals surface area contributed by atoms with E-state index in [0.29, 0.717) is 85.0 Å². The molecule has 16 rings (SSSR count). The van der Waals surface area contributed by atoms with E-state index >= 15 is 9.59 Å². The van der Waals surface area contributed by atoms with Gasteiger partial charge < -0.3 is 78.1 Å². The van der Waals surface area contributed by atoms with E-state index in [9.17, 15) is 67.7 Å². The number of thioether (sulfide) groups is 3. The molecule has 123 heavy (non-hydrogen) atoms. The van der Waals surface area contributed by atoms with Crippen LogP contribution in [-0.4, -0.2) is 207 Å². The smallest absolute Gasteiger partial charge is 0.305 e. The van der Waals surface area contributed by atoms with E-state index in [4.69, 9.17) is 20.7 Å². The van der Waals surface area contributed by atoms with Gasteiger partial charge in [0.2, 0.25) is 59.1 Å². The minimum absolute atomic E-state index is 0.0509. The Morgan fingerprint density at radius 2 is 1.02 bits per heavy atom. The maximum Gasteiger partial charge on any atom is 0.305 e. The summed E-state index contributed by atoms with van der Waals surface area (Å²) >= 11 is 4.02. The molecule has 1 saturated heterocycles. The molecule has 31 nitrogen and oxygen atoms in total. The minimum atomic E-state index is -1.89. The average molecular weight is 1740 g/mol. The number of carbonyl (C=O) groups is 14. The van der Waals surface area contributed by atoms with Crippen molar-refractivity contribution in [2.75, 3.05) is 30.3 Å². The van der Waals surface area contributed by atoms with Crippen molar-refractivity contribution in [1.29, 1.82) is 0 Å². The highest BCUT2D eigenvalue weighted by atomic mass is 32.2. The van der Waals surface area contributed by atoms with E-state index in [2.05, 4.69) is 52.5 Å². The van der Waals surface area contributed by atoms with Crippen LogP contribution >= 0.6 is 35.3 Å². The minimum Gasteiger partial charge on any atom is -0.481 e. The summed E-state index contributed by atoms with van der Waals surface area (Å²) in [6.07, 6.45) is 0.819. The predicted molar refractivity (Wildman–Crippen MR) is 466 cm³/mol. The molecule has 8 aromatic rings. The van der Waals surface area contributed by atoms with Gasteiger partial charge in [-0.05, 0) is 84.4 Å². The Labute approximate surface area is 723 Å². The van der Waals surface area contributed by atoms with Gasteiger partial charge in [0.05, 0.1) is 25.0 Å². The van der Waals surface area contributed by atoms with Gasteiger partial charge in [0.25, 0.3) is 0 Å². The van der Waals surface area contributed by atoms with Crippen molar-refractivity contribution in [1.82, 2.24) is 72.4 Å². The number of aliphatic carboxylic acids is 1. The zero-order valence-electron chi connectivity index (χ0n) is 68.9. The number of hydrogen-bond donors (Lipinski definition) is 13. The Morgan fingerprint density at radius 1 is 0.512 bits per heavy atom. The molecule has 5 aromatic carbocycles. The highest BCUT2D eigenvalue weighted by molar-refractivity contribution is 7.99. The number of carbonyl (C=O) groups excluding carboxylic acids is 13. The molecule has 7 aliphatic heterocycles. The number of benzene rings is 5. The Balaban J connectivity index is 0.896. The highest BCUT2D eigenvalue weighted by Gasteiger charge is 2.43. The summed E-state index contributed by atoms with van der Waals surface area (Å²) in [6, 6.07) is 25.5. The Morgan fingerprint density at radius 3 is 1.55 bits per heavy atom. The lowest BCUT2D eigenvalue weighted by molar-refractivity contribution is -0.143. The molecule has 3 aromatic heterocycles. The molecule has 1 saturated carbocycles. The van der Waals surface area contributed by atoms with Crippen molar-refractivity contribution < 1.29 is 77.3 Å². The van der Waals surface area contributed by atoms with Crippen LogP contribution in [0.4, 0.5) is 0 Å². The number of aromatic nitrogens is 5. The van der Waals surface area contributed by atoms with Crippen LogP contribution in [0.5, 0.6) is 0 Å². The van der Waals surface area contributed by atoms with Crippen LogP contribution in [0, 0.1) is 29.6 Å². The number of carboxylic acid groups (broad SMARTS) is 1. The summed E-state index contributed by atoms with van der Waals surface area (Å²) in [6.45, 7) is 7.16. The number of aromatic amines is 2. The standard InChI is InChI=1S/C89H103N15O16S3/c1-47(2)76-88(119)96-67(37-75(110)111)83(114)93-40-74(109)94-65(33-57-38-91-63-15-8-6-13-60(57)63)84(115)100-77(48(3)4)89(120)104-31-11-17-70(104)87(118)97-68(78(90)112)45-122-42-51-21-27-54(28-22-51)80-101-79-53-25-19-50(20-26-53)41-121-44-59(32-49(5)105)72(107)36-62-71(106)18-10-12-56(35-73(62)108)82(113)98-69(46-123-43-52-23-29-55(30-24-52)81(102-79)103-80)86(117)95-66(85(116)99-76)34-58-39-92-64-16-9-7-14-61(58)64/h6-9,13-16,19-30,38-39,47-48,56,59,62,65-71,76-77,91-92,106H,10-12,17-18,31-37,40-46H2,1-5H3,(H2,90,112)(H,93,114)(H,94,109)(H,95,117)(H,96,119)(H,97,118)(H,98,113)(H,99,116)(H,100,115)(H,110,111)/t56-,59+,62+,65+,66+,67+,68+,69+,70+,71-,76+,77+/m1/s1. The molecule has 12 atom stereocenters. The van der Waals surface area contributed by atoms with Crippen molar-refractivity contribution in [3.8, 4) is 34.2 Å². The molecule has 14 N–H and O–H groups in total. The van der Waals surface area contributed by atoms with Gasteiger partial charge in [-0.25, -0.2) is 15.0 Å². The number of primary amides is 1. The summed E-state index contributed by atoms with van der Waals surface area (Å²) in [5.41, 5.74) is 12.9. The number of carboxylic acids is 1. The summed E-state index contributed by atoms with van der Waals surface area (Å²) in [4.78, 5) is 223. The topological polar surface area (TPSA) is 475 Å². The lowest BCUT2D eigenvalue weighted by atomic mass is 9.78. The van der Waals surface area contributed by atoms with E-state index in [1.54, 1.807) is 76.5 Å². The average Bonchev–Trinajstić information content (AvgIpc) is 1.44. The first-order valence-electron chi connectivity index (χ1n) is 41.3.